The van der Waals surface area contributed by atoms with Gasteiger partial charge in [0.05, 0.1) is 6.61 Å². The van der Waals surface area contributed by atoms with Crippen molar-refractivity contribution in [1.82, 2.24) is 5.16 Å². The largest absolute Gasteiger partial charge is 0.494 e. The summed E-state index contributed by atoms with van der Waals surface area (Å²) in [5.74, 6) is 0.756. The molecule has 4 nitrogen and oxygen atoms in total. The quantitative estimate of drug-likeness (QED) is 0.787. The summed E-state index contributed by atoms with van der Waals surface area (Å²) >= 11 is 0. The minimum Gasteiger partial charge on any atom is -0.494 e. The summed E-state index contributed by atoms with van der Waals surface area (Å²) in [6.07, 6.45) is 1.34. The third-order valence-electron chi connectivity index (χ3n) is 2.11. The van der Waals surface area contributed by atoms with Crippen molar-refractivity contribution in [3.8, 4) is 23.1 Å². The molecule has 16 heavy (non-hydrogen) atoms. The second-order valence-corrected chi connectivity index (χ2v) is 3.15. The Morgan fingerprint density at radius 1 is 1.50 bits per heavy atom. The number of hydrogen-bond donors (Lipinski definition) is 0. The summed E-state index contributed by atoms with van der Waals surface area (Å²) in [5.41, 5.74) is 1.79. The highest BCUT2D eigenvalue weighted by molar-refractivity contribution is 5.66. The number of hydrogen-bond acceptors (Lipinski definition) is 4. The molecule has 2 rings (SSSR count). The Balaban J connectivity index is 2.41. The molecule has 0 fully saturated rings. The standard InChI is InChI=1S/C12H10N2O2/c1-2-15-11-5-3-4-9(6-11)12-10(7-13)8-16-14-12/h3-6,8H,2H2,1H3. The summed E-state index contributed by atoms with van der Waals surface area (Å²) in [4.78, 5) is 0. The Bertz CT molecular complexity index is 526. The normalized spacial score (nSPS) is 9.75. The lowest BCUT2D eigenvalue weighted by Crippen LogP contribution is -1.91. The summed E-state index contributed by atoms with van der Waals surface area (Å²) in [7, 11) is 0. The predicted molar refractivity (Wildman–Crippen MR) is 57.8 cm³/mol. The molecule has 0 spiro atoms. The number of rotatable bonds is 3. The zero-order valence-corrected chi connectivity index (χ0v) is 8.80. The Kier molecular flexibility index (Phi) is 2.88. The van der Waals surface area contributed by atoms with E-state index in [1.807, 2.05) is 37.3 Å². The van der Waals surface area contributed by atoms with Crippen LogP contribution in [0, 0.1) is 11.3 Å². The van der Waals surface area contributed by atoms with E-state index in [1.54, 1.807) is 0 Å². The van der Waals surface area contributed by atoms with Gasteiger partial charge in [-0.1, -0.05) is 17.3 Å². The van der Waals surface area contributed by atoms with Crippen LogP contribution in [-0.4, -0.2) is 11.8 Å². The van der Waals surface area contributed by atoms with E-state index in [0.29, 0.717) is 17.9 Å². The van der Waals surface area contributed by atoms with Crippen molar-refractivity contribution in [2.24, 2.45) is 0 Å². The molecular weight excluding hydrogens is 204 g/mol. The number of aromatic nitrogens is 1. The van der Waals surface area contributed by atoms with Gasteiger partial charge in [0.2, 0.25) is 0 Å². The van der Waals surface area contributed by atoms with Gasteiger partial charge in [-0.2, -0.15) is 5.26 Å². The van der Waals surface area contributed by atoms with E-state index >= 15 is 0 Å². The van der Waals surface area contributed by atoms with Crippen LogP contribution in [0.1, 0.15) is 12.5 Å². The van der Waals surface area contributed by atoms with Gasteiger partial charge < -0.3 is 9.26 Å². The van der Waals surface area contributed by atoms with E-state index in [2.05, 4.69) is 5.16 Å². The van der Waals surface area contributed by atoms with Gasteiger partial charge in [0, 0.05) is 5.56 Å². The molecule has 0 radical (unpaired) electrons. The molecule has 1 aromatic heterocycles. The highest BCUT2D eigenvalue weighted by Crippen LogP contribution is 2.25. The molecular formula is C12H10N2O2. The first-order valence-corrected chi connectivity index (χ1v) is 4.93. The van der Waals surface area contributed by atoms with Crippen LogP contribution in [0.2, 0.25) is 0 Å². The van der Waals surface area contributed by atoms with E-state index in [9.17, 15) is 0 Å². The lowest BCUT2D eigenvalue weighted by Gasteiger charge is -2.03. The maximum atomic E-state index is 8.86. The van der Waals surface area contributed by atoms with Crippen LogP contribution in [0.4, 0.5) is 0 Å². The zero-order chi connectivity index (χ0) is 11.4. The van der Waals surface area contributed by atoms with Crippen molar-refractivity contribution in [2.45, 2.75) is 6.92 Å². The summed E-state index contributed by atoms with van der Waals surface area (Å²) < 4.78 is 10.2. The van der Waals surface area contributed by atoms with Gasteiger partial charge in [-0.05, 0) is 19.1 Å². The molecule has 0 N–H and O–H groups in total. The summed E-state index contributed by atoms with van der Waals surface area (Å²) in [5, 5.41) is 12.7. The molecule has 0 aliphatic heterocycles. The van der Waals surface area contributed by atoms with Crippen LogP contribution in [0.3, 0.4) is 0 Å². The Morgan fingerprint density at radius 3 is 3.12 bits per heavy atom. The van der Waals surface area contributed by atoms with Crippen LogP contribution in [0.15, 0.2) is 35.1 Å². The zero-order valence-electron chi connectivity index (χ0n) is 8.80. The number of nitriles is 1. The second-order valence-electron chi connectivity index (χ2n) is 3.15. The molecule has 0 bridgehead atoms. The van der Waals surface area contributed by atoms with Crippen molar-refractivity contribution in [3.05, 3.63) is 36.1 Å². The molecule has 0 saturated carbocycles. The first-order valence-electron chi connectivity index (χ1n) is 4.93. The lowest BCUT2D eigenvalue weighted by molar-refractivity contribution is 0.340. The minimum absolute atomic E-state index is 0.425. The van der Waals surface area contributed by atoms with Crippen molar-refractivity contribution in [1.29, 1.82) is 5.26 Å². The lowest BCUT2D eigenvalue weighted by atomic mass is 10.1. The first-order chi connectivity index (χ1) is 7.85. The van der Waals surface area contributed by atoms with Gasteiger partial charge in [-0.3, -0.25) is 0 Å². The van der Waals surface area contributed by atoms with Crippen LogP contribution in [-0.2, 0) is 0 Å². The molecule has 1 aromatic carbocycles. The van der Waals surface area contributed by atoms with Gasteiger partial charge >= 0.3 is 0 Å². The molecule has 0 amide bonds. The smallest absolute Gasteiger partial charge is 0.142 e. The fourth-order valence-corrected chi connectivity index (χ4v) is 1.42. The van der Waals surface area contributed by atoms with Crippen LogP contribution in [0.25, 0.3) is 11.3 Å². The van der Waals surface area contributed by atoms with Crippen molar-refractivity contribution < 1.29 is 9.26 Å². The fraction of sp³-hybridized carbons (Fsp3) is 0.167. The third-order valence-corrected chi connectivity index (χ3v) is 2.11. The highest BCUT2D eigenvalue weighted by Gasteiger charge is 2.10. The van der Waals surface area contributed by atoms with E-state index in [4.69, 9.17) is 14.5 Å². The average molecular weight is 214 g/mol. The summed E-state index contributed by atoms with van der Waals surface area (Å²) in [6, 6.07) is 9.44. The minimum atomic E-state index is 0.425. The SMILES string of the molecule is CCOc1cccc(-c2nocc2C#N)c1. The maximum Gasteiger partial charge on any atom is 0.142 e. The highest BCUT2D eigenvalue weighted by atomic mass is 16.5. The molecule has 0 aliphatic rings. The number of ether oxygens (including phenoxy) is 1. The van der Waals surface area contributed by atoms with Gasteiger partial charge in [-0.25, -0.2) is 0 Å². The van der Waals surface area contributed by atoms with Gasteiger partial charge in [0.1, 0.15) is 29.3 Å². The van der Waals surface area contributed by atoms with Crippen LogP contribution < -0.4 is 4.74 Å². The van der Waals surface area contributed by atoms with Gasteiger partial charge in [0.25, 0.3) is 0 Å². The number of nitrogens with zero attached hydrogens (tertiary/aromatic N) is 2. The van der Waals surface area contributed by atoms with E-state index in [0.717, 1.165) is 11.3 Å². The molecule has 80 valence electrons. The fourth-order valence-electron chi connectivity index (χ4n) is 1.42. The van der Waals surface area contributed by atoms with Crippen molar-refractivity contribution >= 4 is 0 Å². The van der Waals surface area contributed by atoms with E-state index in [-0.39, 0.29) is 0 Å². The maximum absolute atomic E-state index is 8.86. The third kappa shape index (κ3) is 1.89. The Hall–Kier alpha value is -2.28. The average Bonchev–Trinajstić information content (AvgIpc) is 2.78. The molecule has 0 unspecified atom stereocenters. The van der Waals surface area contributed by atoms with Crippen molar-refractivity contribution in [3.63, 3.8) is 0 Å². The van der Waals surface area contributed by atoms with E-state index in [1.165, 1.54) is 6.26 Å². The topological polar surface area (TPSA) is 59.1 Å². The molecule has 2 aromatic rings. The Labute approximate surface area is 93.1 Å². The molecule has 0 aliphatic carbocycles. The second kappa shape index (κ2) is 4.49. The van der Waals surface area contributed by atoms with Gasteiger partial charge in [-0.15, -0.1) is 0 Å². The Morgan fingerprint density at radius 2 is 2.38 bits per heavy atom. The molecule has 0 atom stereocenters. The molecule has 0 saturated heterocycles. The van der Waals surface area contributed by atoms with Crippen LogP contribution >= 0.6 is 0 Å². The first kappa shape index (κ1) is 10.2. The van der Waals surface area contributed by atoms with Crippen LogP contribution in [0.5, 0.6) is 5.75 Å². The number of benzene rings is 1. The van der Waals surface area contributed by atoms with Crippen molar-refractivity contribution in [2.75, 3.05) is 6.61 Å². The van der Waals surface area contributed by atoms with Gasteiger partial charge in [0.15, 0.2) is 0 Å². The predicted octanol–water partition coefficient (Wildman–Crippen LogP) is 2.61. The summed E-state index contributed by atoms with van der Waals surface area (Å²) in [6.45, 7) is 2.52. The monoisotopic (exact) mass is 214 g/mol. The molecule has 1 heterocycles. The van der Waals surface area contributed by atoms with E-state index < -0.39 is 0 Å². The molecule has 4 heteroatoms.